The van der Waals surface area contributed by atoms with E-state index < -0.39 is 0 Å². The van der Waals surface area contributed by atoms with Crippen LogP contribution in [0.1, 0.15) is 35.3 Å². The second-order valence-corrected chi connectivity index (χ2v) is 5.35. The normalized spacial score (nSPS) is 15.8. The third-order valence-electron chi connectivity index (χ3n) is 3.69. The lowest BCUT2D eigenvalue weighted by atomic mass is 9.99. The van der Waals surface area contributed by atoms with Gasteiger partial charge in [0, 0.05) is 5.56 Å². The van der Waals surface area contributed by atoms with Crippen LogP contribution in [0.2, 0.25) is 0 Å². The summed E-state index contributed by atoms with van der Waals surface area (Å²) in [4.78, 5) is 11.3. The quantitative estimate of drug-likeness (QED) is 0.798. The Bertz CT molecular complexity index is 779. The molecule has 0 N–H and O–H groups in total. The van der Waals surface area contributed by atoms with Crippen LogP contribution in [0.5, 0.6) is 0 Å². The maximum Gasteiger partial charge on any atom is 0.155 e. The first-order valence-electron chi connectivity index (χ1n) is 7.17. The van der Waals surface area contributed by atoms with Crippen molar-refractivity contribution in [3.05, 3.63) is 70.8 Å². The van der Waals surface area contributed by atoms with E-state index in [0.717, 1.165) is 27.8 Å². The number of ketones is 1. The summed E-state index contributed by atoms with van der Waals surface area (Å²) in [6.45, 7) is 1.62. The van der Waals surface area contributed by atoms with Crippen molar-refractivity contribution in [2.45, 2.75) is 13.0 Å². The van der Waals surface area contributed by atoms with Crippen molar-refractivity contribution in [3.63, 3.8) is 0 Å². The monoisotopic (exact) mass is 288 g/mol. The number of hydrogen-bond donors (Lipinski definition) is 0. The molecular weight excluding hydrogens is 272 g/mol. The number of fused-ring (bicyclic) bond motifs is 1. The van der Waals surface area contributed by atoms with E-state index in [4.69, 9.17) is 11.2 Å². The van der Waals surface area contributed by atoms with E-state index in [1.165, 1.54) is 6.92 Å². The van der Waals surface area contributed by atoms with Gasteiger partial charge in [-0.3, -0.25) is 4.79 Å². The van der Waals surface area contributed by atoms with Gasteiger partial charge in [0.1, 0.15) is 12.7 Å². The van der Waals surface area contributed by atoms with Gasteiger partial charge in [-0.2, -0.15) is 0 Å². The first-order valence-corrected chi connectivity index (χ1v) is 7.17. The Morgan fingerprint density at radius 1 is 1.23 bits per heavy atom. The highest BCUT2D eigenvalue weighted by Crippen LogP contribution is 2.42. The molecule has 2 aromatic carbocycles. The minimum absolute atomic E-state index is 0.00830. The molecule has 2 nitrogen and oxygen atoms in total. The van der Waals surface area contributed by atoms with Crippen molar-refractivity contribution >= 4 is 17.4 Å². The zero-order valence-electron chi connectivity index (χ0n) is 12.4. The summed E-state index contributed by atoms with van der Waals surface area (Å²) < 4.78 is 5.87. The van der Waals surface area contributed by atoms with E-state index in [-0.39, 0.29) is 18.5 Å². The van der Waals surface area contributed by atoms with Crippen molar-refractivity contribution < 1.29 is 9.53 Å². The van der Waals surface area contributed by atoms with Gasteiger partial charge in [0.2, 0.25) is 0 Å². The van der Waals surface area contributed by atoms with E-state index >= 15 is 0 Å². The highest BCUT2D eigenvalue weighted by molar-refractivity contribution is 5.91. The molecule has 0 radical (unpaired) electrons. The van der Waals surface area contributed by atoms with Crippen LogP contribution in [0.4, 0.5) is 0 Å². The first kappa shape index (κ1) is 14.3. The molecule has 2 heteroatoms. The molecule has 1 unspecified atom stereocenters. The van der Waals surface area contributed by atoms with Crippen molar-refractivity contribution in [1.82, 2.24) is 0 Å². The molecule has 0 saturated carbocycles. The lowest BCUT2D eigenvalue weighted by Gasteiger charge is -2.17. The lowest BCUT2D eigenvalue weighted by molar-refractivity contribution is -0.122. The number of benzene rings is 2. The fourth-order valence-electron chi connectivity index (χ4n) is 2.68. The second kappa shape index (κ2) is 6.01. The number of rotatable bonds is 4. The largest absolute Gasteiger partial charge is 0.361 e. The molecule has 1 aliphatic carbocycles. The number of terminal acetylenes is 1. The molecule has 0 saturated heterocycles. The van der Waals surface area contributed by atoms with Gasteiger partial charge in [-0.25, -0.2) is 0 Å². The molecule has 22 heavy (non-hydrogen) atoms. The van der Waals surface area contributed by atoms with Crippen LogP contribution in [0.25, 0.3) is 11.6 Å². The standard InChI is InChI=1S/C20H16O2/c1-3-15-9-10-17-12-19(16-7-5-4-6-8-16)20(18(17)11-15)22-13-14(2)21/h1,4-12,20H,13H2,2H3. The Morgan fingerprint density at radius 2 is 2.00 bits per heavy atom. The summed E-state index contributed by atoms with van der Waals surface area (Å²) in [5, 5.41) is 0. The van der Waals surface area contributed by atoms with Gasteiger partial charge in [0.25, 0.3) is 0 Å². The summed E-state index contributed by atoms with van der Waals surface area (Å²) >= 11 is 0. The van der Waals surface area contributed by atoms with Gasteiger partial charge in [0.05, 0.1) is 0 Å². The first-order chi connectivity index (χ1) is 10.7. The van der Waals surface area contributed by atoms with Gasteiger partial charge >= 0.3 is 0 Å². The minimum Gasteiger partial charge on any atom is -0.361 e. The number of Topliss-reactive ketones (excluding diaryl/α,β-unsaturated/α-hetero) is 1. The fraction of sp³-hybridized carbons (Fsp3) is 0.150. The topological polar surface area (TPSA) is 26.3 Å². The number of carbonyl (C=O) groups is 1. The van der Waals surface area contributed by atoms with E-state index in [1.807, 2.05) is 48.5 Å². The Balaban J connectivity index is 2.03. The Kier molecular flexibility index (Phi) is 3.91. The molecule has 3 rings (SSSR count). The molecule has 0 aromatic heterocycles. The van der Waals surface area contributed by atoms with Gasteiger partial charge in [-0.1, -0.05) is 42.3 Å². The van der Waals surface area contributed by atoms with Gasteiger partial charge < -0.3 is 4.74 Å². The predicted octanol–water partition coefficient (Wildman–Crippen LogP) is 3.87. The molecule has 0 heterocycles. The van der Waals surface area contributed by atoms with Crippen LogP contribution in [-0.4, -0.2) is 12.4 Å². The molecule has 0 spiro atoms. The maximum atomic E-state index is 11.3. The van der Waals surface area contributed by atoms with Crippen molar-refractivity contribution in [2.24, 2.45) is 0 Å². The number of carbonyl (C=O) groups excluding carboxylic acids is 1. The highest BCUT2D eigenvalue weighted by Gasteiger charge is 2.27. The molecule has 2 aromatic rings. The zero-order chi connectivity index (χ0) is 15.5. The van der Waals surface area contributed by atoms with Gasteiger partial charge in [0.15, 0.2) is 5.78 Å². The number of ether oxygens (including phenoxy) is 1. The Morgan fingerprint density at radius 3 is 2.68 bits per heavy atom. The highest BCUT2D eigenvalue weighted by atomic mass is 16.5. The summed E-state index contributed by atoms with van der Waals surface area (Å²) in [5.41, 5.74) is 5.08. The van der Waals surface area contributed by atoms with E-state index in [0.29, 0.717) is 0 Å². The van der Waals surface area contributed by atoms with Crippen molar-refractivity contribution in [1.29, 1.82) is 0 Å². The number of hydrogen-bond acceptors (Lipinski definition) is 2. The SMILES string of the molecule is C#Cc1ccc2c(c1)C(OCC(C)=O)C(c1ccccc1)=C2. The van der Waals surface area contributed by atoms with Crippen LogP contribution in [-0.2, 0) is 9.53 Å². The molecule has 0 amide bonds. The molecule has 108 valence electrons. The van der Waals surface area contributed by atoms with E-state index in [1.54, 1.807) is 0 Å². The van der Waals surface area contributed by atoms with Gasteiger partial charge in [-0.05, 0) is 47.4 Å². The molecule has 1 atom stereocenters. The fourth-order valence-corrected chi connectivity index (χ4v) is 2.68. The third-order valence-corrected chi connectivity index (χ3v) is 3.69. The average molecular weight is 288 g/mol. The minimum atomic E-state index is -0.255. The summed E-state index contributed by atoms with van der Waals surface area (Å²) in [7, 11) is 0. The molecule has 0 bridgehead atoms. The van der Waals surface area contributed by atoms with Crippen LogP contribution < -0.4 is 0 Å². The van der Waals surface area contributed by atoms with Crippen LogP contribution in [0, 0.1) is 12.3 Å². The van der Waals surface area contributed by atoms with Crippen molar-refractivity contribution in [3.8, 4) is 12.3 Å². The second-order valence-electron chi connectivity index (χ2n) is 5.35. The van der Waals surface area contributed by atoms with E-state index in [2.05, 4.69) is 12.0 Å². The Labute approximate surface area is 130 Å². The maximum absolute atomic E-state index is 11.3. The predicted molar refractivity (Wildman–Crippen MR) is 88.1 cm³/mol. The summed E-state index contributed by atoms with van der Waals surface area (Å²) in [5.74, 6) is 2.66. The lowest BCUT2D eigenvalue weighted by Crippen LogP contribution is -2.10. The van der Waals surface area contributed by atoms with E-state index in [9.17, 15) is 4.79 Å². The molecule has 1 aliphatic rings. The molecule has 0 fully saturated rings. The smallest absolute Gasteiger partial charge is 0.155 e. The van der Waals surface area contributed by atoms with Crippen LogP contribution >= 0.6 is 0 Å². The Hall–Kier alpha value is -2.63. The van der Waals surface area contributed by atoms with Crippen LogP contribution in [0.3, 0.4) is 0 Å². The third kappa shape index (κ3) is 2.72. The summed E-state index contributed by atoms with van der Waals surface area (Å²) in [6.07, 6.45) is 7.35. The molecular formula is C20H16O2. The summed E-state index contributed by atoms with van der Waals surface area (Å²) in [6, 6.07) is 16.0. The zero-order valence-corrected chi connectivity index (χ0v) is 12.4. The van der Waals surface area contributed by atoms with Crippen LogP contribution in [0.15, 0.2) is 48.5 Å². The van der Waals surface area contributed by atoms with Crippen molar-refractivity contribution in [2.75, 3.05) is 6.61 Å². The average Bonchev–Trinajstić information content (AvgIpc) is 2.91. The van der Waals surface area contributed by atoms with Gasteiger partial charge in [-0.15, -0.1) is 6.42 Å². The molecule has 0 aliphatic heterocycles.